The van der Waals surface area contributed by atoms with Crippen molar-refractivity contribution in [2.45, 2.75) is 49.5 Å². The van der Waals surface area contributed by atoms with Gasteiger partial charge in [0, 0.05) is 37.8 Å². The molecule has 3 aliphatic rings. The number of hydrogen-bond donors (Lipinski definition) is 1. The average Bonchev–Trinajstić information content (AvgIpc) is 3.11. The Bertz CT molecular complexity index is 802. The maximum Gasteiger partial charge on any atom is 0.253 e. The standard InChI is InChI=1S/C20H29N3O3S/c21-19-9-8-16-13-22(14-18(16)19)20(24)15-6-5-7-17(12-15)27(25,26)23-10-3-1-2-4-11-23/h5-7,12,16,18-19H,1-4,8-11,13-14,21H2. The Morgan fingerprint density at radius 2 is 1.78 bits per heavy atom. The largest absolute Gasteiger partial charge is 0.338 e. The predicted molar refractivity (Wildman–Crippen MR) is 104 cm³/mol. The topological polar surface area (TPSA) is 83.7 Å². The maximum atomic E-state index is 13.0. The van der Waals surface area contributed by atoms with Gasteiger partial charge in [-0.15, -0.1) is 0 Å². The van der Waals surface area contributed by atoms with Crippen LogP contribution in [0.25, 0.3) is 0 Å². The number of amides is 1. The van der Waals surface area contributed by atoms with Gasteiger partial charge in [-0.05, 0) is 55.7 Å². The Morgan fingerprint density at radius 1 is 1.04 bits per heavy atom. The molecule has 1 aromatic carbocycles. The fourth-order valence-electron chi connectivity index (χ4n) is 4.88. The van der Waals surface area contributed by atoms with Crippen molar-refractivity contribution in [3.8, 4) is 0 Å². The fraction of sp³-hybridized carbons (Fsp3) is 0.650. The first-order valence-electron chi connectivity index (χ1n) is 10.1. The minimum atomic E-state index is -3.55. The van der Waals surface area contributed by atoms with Crippen LogP contribution < -0.4 is 5.73 Å². The summed E-state index contributed by atoms with van der Waals surface area (Å²) in [6.07, 6.45) is 6.07. The summed E-state index contributed by atoms with van der Waals surface area (Å²) < 4.78 is 27.6. The van der Waals surface area contributed by atoms with Crippen LogP contribution in [0.2, 0.25) is 0 Å². The summed E-state index contributed by atoms with van der Waals surface area (Å²) >= 11 is 0. The number of carbonyl (C=O) groups excluding carboxylic acids is 1. The third-order valence-electron chi connectivity index (χ3n) is 6.48. The molecule has 7 heteroatoms. The second kappa shape index (κ2) is 7.53. The number of nitrogens with zero attached hydrogens (tertiary/aromatic N) is 2. The molecule has 2 saturated heterocycles. The molecule has 0 spiro atoms. The van der Waals surface area contributed by atoms with E-state index in [-0.39, 0.29) is 16.8 Å². The highest BCUT2D eigenvalue weighted by atomic mass is 32.2. The summed E-state index contributed by atoms with van der Waals surface area (Å²) in [4.78, 5) is 15.1. The van der Waals surface area contributed by atoms with Gasteiger partial charge in [-0.1, -0.05) is 18.9 Å². The quantitative estimate of drug-likeness (QED) is 0.855. The highest BCUT2D eigenvalue weighted by Crippen LogP contribution is 2.37. The van der Waals surface area contributed by atoms with Crippen LogP contribution >= 0.6 is 0 Å². The average molecular weight is 392 g/mol. The van der Waals surface area contributed by atoms with Gasteiger partial charge in [0.15, 0.2) is 0 Å². The van der Waals surface area contributed by atoms with Gasteiger partial charge in [0.2, 0.25) is 10.0 Å². The monoisotopic (exact) mass is 391 g/mol. The van der Waals surface area contributed by atoms with E-state index >= 15 is 0 Å². The molecule has 3 unspecified atom stereocenters. The molecule has 6 nitrogen and oxygen atoms in total. The summed E-state index contributed by atoms with van der Waals surface area (Å²) in [7, 11) is -3.55. The fourth-order valence-corrected chi connectivity index (χ4v) is 6.44. The second-order valence-corrected chi connectivity index (χ2v) is 10.2. The van der Waals surface area contributed by atoms with Gasteiger partial charge in [0.25, 0.3) is 5.91 Å². The van der Waals surface area contributed by atoms with Crippen molar-refractivity contribution in [1.82, 2.24) is 9.21 Å². The number of carbonyl (C=O) groups is 1. The second-order valence-electron chi connectivity index (χ2n) is 8.22. The molecule has 1 saturated carbocycles. The summed E-state index contributed by atoms with van der Waals surface area (Å²) in [5, 5.41) is 0. The lowest BCUT2D eigenvalue weighted by Crippen LogP contribution is -2.34. The Labute approximate surface area is 161 Å². The van der Waals surface area contributed by atoms with E-state index in [1.807, 2.05) is 4.90 Å². The third-order valence-corrected chi connectivity index (χ3v) is 8.38. The van der Waals surface area contributed by atoms with E-state index in [1.54, 1.807) is 28.6 Å². The zero-order valence-corrected chi connectivity index (χ0v) is 16.5. The third kappa shape index (κ3) is 3.65. The lowest BCUT2D eigenvalue weighted by atomic mass is 9.98. The van der Waals surface area contributed by atoms with Crippen molar-refractivity contribution in [2.24, 2.45) is 17.6 Å². The van der Waals surface area contributed by atoms with Crippen molar-refractivity contribution in [2.75, 3.05) is 26.2 Å². The van der Waals surface area contributed by atoms with Gasteiger partial charge in [-0.25, -0.2) is 8.42 Å². The van der Waals surface area contributed by atoms with E-state index in [1.165, 1.54) is 0 Å². The molecular formula is C20H29N3O3S. The van der Waals surface area contributed by atoms with Crippen LogP contribution in [0.1, 0.15) is 48.9 Å². The van der Waals surface area contributed by atoms with Crippen LogP contribution in [0.4, 0.5) is 0 Å². The minimum Gasteiger partial charge on any atom is -0.338 e. The van der Waals surface area contributed by atoms with Crippen molar-refractivity contribution in [1.29, 1.82) is 0 Å². The molecule has 2 heterocycles. The zero-order valence-electron chi connectivity index (χ0n) is 15.7. The highest BCUT2D eigenvalue weighted by molar-refractivity contribution is 7.89. The van der Waals surface area contributed by atoms with Crippen LogP contribution in [-0.4, -0.2) is 55.8 Å². The Morgan fingerprint density at radius 3 is 2.48 bits per heavy atom. The maximum absolute atomic E-state index is 13.0. The van der Waals surface area contributed by atoms with Crippen molar-refractivity contribution < 1.29 is 13.2 Å². The number of fused-ring (bicyclic) bond motifs is 1. The number of sulfonamides is 1. The molecule has 2 aliphatic heterocycles. The van der Waals surface area contributed by atoms with Gasteiger partial charge in [-0.2, -0.15) is 4.31 Å². The van der Waals surface area contributed by atoms with Crippen LogP contribution in [0.5, 0.6) is 0 Å². The van der Waals surface area contributed by atoms with Gasteiger partial charge in [0.1, 0.15) is 0 Å². The van der Waals surface area contributed by atoms with Crippen molar-refractivity contribution in [3.05, 3.63) is 29.8 Å². The van der Waals surface area contributed by atoms with E-state index in [9.17, 15) is 13.2 Å². The predicted octanol–water partition coefficient (Wildman–Crippen LogP) is 2.06. The zero-order chi connectivity index (χ0) is 19.0. The molecule has 27 heavy (non-hydrogen) atoms. The number of hydrogen-bond acceptors (Lipinski definition) is 4. The van der Waals surface area contributed by atoms with E-state index in [2.05, 4.69) is 0 Å². The van der Waals surface area contributed by atoms with Gasteiger partial charge >= 0.3 is 0 Å². The summed E-state index contributed by atoms with van der Waals surface area (Å²) in [6, 6.07) is 6.74. The van der Waals surface area contributed by atoms with Crippen LogP contribution in [0.3, 0.4) is 0 Å². The highest BCUT2D eigenvalue weighted by Gasteiger charge is 2.42. The molecule has 148 valence electrons. The number of likely N-dealkylation sites (tertiary alicyclic amines) is 1. The summed E-state index contributed by atoms with van der Waals surface area (Å²) in [5.74, 6) is 0.801. The van der Waals surface area contributed by atoms with Crippen LogP contribution in [0.15, 0.2) is 29.2 Å². The number of rotatable bonds is 3. The molecule has 1 aliphatic carbocycles. The number of benzene rings is 1. The van der Waals surface area contributed by atoms with Crippen molar-refractivity contribution >= 4 is 15.9 Å². The Balaban J connectivity index is 1.53. The lowest BCUT2D eigenvalue weighted by Gasteiger charge is -2.21. The van der Waals surface area contributed by atoms with E-state index in [0.717, 1.165) is 45.1 Å². The first kappa shape index (κ1) is 18.9. The molecular weight excluding hydrogens is 362 g/mol. The molecule has 0 radical (unpaired) electrons. The van der Waals surface area contributed by atoms with E-state index in [4.69, 9.17) is 5.73 Å². The summed E-state index contributed by atoms with van der Waals surface area (Å²) in [6.45, 7) is 2.55. The molecule has 3 atom stereocenters. The van der Waals surface area contributed by atoms with E-state index < -0.39 is 10.0 Å². The number of nitrogens with two attached hydrogens (primary N) is 1. The van der Waals surface area contributed by atoms with Gasteiger partial charge in [0.05, 0.1) is 4.90 Å². The van der Waals surface area contributed by atoms with Crippen LogP contribution in [-0.2, 0) is 10.0 Å². The van der Waals surface area contributed by atoms with Crippen LogP contribution in [0, 0.1) is 11.8 Å². The van der Waals surface area contributed by atoms with Gasteiger partial charge in [-0.3, -0.25) is 4.79 Å². The molecule has 3 fully saturated rings. The molecule has 0 bridgehead atoms. The normalized spacial score (nSPS) is 29.5. The molecule has 1 amide bonds. The SMILES string of the molecule is NC1CCC2CN(C(=O)c3cccc(S(=O)(=O)N4CCCCCC4)c3)CC12. The van der Waals surface area contributed by atoms with E-state index in [0.29, 0.717) is 37.0 Å². The molecule has 1 aromatic rings. The lowest BCUT2D eigenvalue weighted by molar-refractivity contribution is 0.0779. The molecule has 0 aromatic heterocycles. The molecule has 4 rings (SSSR count). The van der Waals surface area contributed by atoms with Gasteiger partial charge < -0.3 is 10.6 Å². The first-order chi connectivity index (χ1) is 13.0. The Kier molecular flexibility index (Phi) is 5.27. The first-order valence-corrected chi connectivity index (χ1v) is 11.6. The Hall–Kier alpha value is -1.44. The minimum absolute atomic E-state index is 0.0792. The van der Waals surface area contributed by atoms with Crippen molar-refractivity contribution in [3.63, 3.8) is 0 Å². The summed E-state index contributed by atoms with van der Waals surface area (Å²) in [5.41, 5.74) is 6.63. The smallest absolute Gasteiger partial charge is 0.253 e. The molecule has 2 N–H and O–H groups in total.